The Morgan fingerprint density at radius 2 is 1.88 bits per heavy atom. The molecule has 3 rings (SSSR count). The lowest BCUT2D eigenvalue weighted by molar-refractivity contribution is 0.0946. The van der Waals surface area contributed by atoms with Crippen LogP contribution in [0.4, 0.5) is 15.6 Å². The summed E-state index contributed by atoms with van der Waals surface area (Å²) in [6, 6.07) is 11.7. The maximum Gasteiger partial charge on any atom is 0.325 e. The van der Waals surface area contributed by atoms with E-state index < -0.39 is 6.03 Å². The van der Waals surface area contributed by atoms with Crippen molar-refractivity contribution < 1.29 is 9.59 Å². The van der Waals surface area contributed by atoms with Crippen molar-refractivity contribution in [2.45, 2.75) is 6.54 Å². The average molecular weight is 388 g/mol. The zero-order valence-electron chi connectivity index (χ0n) is 13.4. The Balaban J connectivity index is 1.52. The fourth-order valence-corrected chi connectivity index (χ4v) is 2.80. The molecule has 0 unspecified atom stereocenters. The van der Waals surface area contributed by atoms with Gasteiger partial charge in [-0.1, -0.05) is 17.7 Å². The molecule has 0 aliphatic rings. The van der Waals surface area contributed by atoms with E-state index in [1.54, 1.807) is 41.9 Å². The van der Waals surface area contributed by atoms with Crippen LogP contribution >= 0.6 is 22.9 Å². The molecule has 132 valence electrons. The summed E-state index contributed by atoms with van der Waals surface area (Å²) in [7, 11) is 0. The molecule has 0 saturated heterocycles. The normalized spacial score (nSPS) is 10.2. The van der Waals surface area contributed by atoms with Gasteiger partial charge >= 0.3 is 6.03 Å². The van der Waals surface area contributed by atoms with Crippen LogP contribution in [0.3, 0.4) is 0 Å². The molecule has 2 heterocycles. The van der Waals surface area contributed by atoms with E-state index in [4.69, 9.17) is 11.6 Å². The number of thiazole rings is 1. The predicted octanol–water partition coefficient (Wildman–Crippen LogP) is 3.77. The van der Waals surface area contributed by atoms with Crippen LogP contribution in [-0.4, -0.2) is 21.9 Å². The summed E-state index contributed by atoms with van der Waals surface area (Å²) in [4.78, 5) is 32.3. The molecule has 0 radical (unpaired) electrons. The molecule has 9 heteroatoms. The lowest BCUT2D eigenvalue weighted by Gasteiger charge is -2.05. The third-order valence-corrected chi connectivity index (χ3v) is 4.23. The monoisotopic (exact) mass is 387 g/mol. The van der Waals surface area contributed by atoms with Gasteiger partial charge in [0.1, 0.15) is 5.69 Å². The third kappa shape index (κ3) is 5.01. The van der Waals surface area contributed by atoms with Gasteiger partial charge in [0.2, 0.25) is 0 Å². The summed E-state index contributed by atoms with van der Waals surface area (Å²) < 4.78 is 0. The van der Waals surface area contributed by atoms with E-state index >= 15 is 0 Å². The van der Waals surface area contributed by atoms with E-state index in [0.717, 1.165) is 17.0 Å². The van der Waals surface area contributed by atoms with Gasteiger partial charge in [-0.05, 0) is 36.4 Å². The molecule has 3 N–H and O–H groups in total. The summed E-state index contributed by atoms with van der Waals surface area (Å²) in [6.07, 6.45) is 1.66. The van der Waals surface area contributed by atoms with E-state index in [1.807, 2.05) is 12.1 Å². The van der Waals surface area contributed by atoms with Crippen LogP contribution < -0.4 is 16.0 Å². The van der Waals surface area contributed by atoms with Gasteiger partial charge in [0, 0.05) is 22.3 Å². The first-order chi connectivity index (χ1) is 12.6. The fourth-order valence-electron chi connectivity index (χ4n) is 1.99. The standard InChI is InChI=1S/C17H14ClN5O2S/c18-11-4-6-12(7-5-11)21-16(25)23-17-22-14(10-26-17)15(24)20-9-13-3-1-2-8-19-13/h1-8,10H,9H2,(H,20,24)(H2,21,22,23,25). The first-order valence-electron chi connectivity index (χ1n) is 7.57. The number of benzene rings is 1. The summed E-state index contributed by atoms with van der Waals surface area (Å²) in [5, 5.41) is 10.4. The number of carbonyl (C=O) groups is 2. The minimum atomic E-state index is -0.456. The third-order valence-electron chi connectivity index (χ3n) is 3.22. The molecule has 2 aromatic heterocycles. The minimum absolute atomic E-state index is 0.229. The number of carbonyl (C=O) groups excluding carboxylic acids is 2. The largest absolute Gasteiger partial charge is 0.345 e. The number of urea groups is 1. The van der Waals surface area contributed by atoms with E-state index in [0.29, 0.717) is 22.4 Å². The van der Waals surface area contributed by atoms with Gasteiger partial charge in [-0.25, -0.2) is 9.78 Å². The Labute approximate surface area is 158 Å². The van der Waals surface area contributed by atoms with Crippen LogP contribution in [0.5, 0.6) is 0 Å². The minimum Gasteiger partial charge on any atom is -0.345 e. The summed E-state index contributed by atoms with van der Waals surface area (Å²) in [5.41, 5.74) is 1.57. The number of halogens is 1. The van der Waals surface area contributed by atoms with Crippen LogP contribution in [0.1, 0.15) is 16.2 Å². The molecule has 3 amide bonds. The van der Waals surface area contributed by atoms with Crippen LogP contribution in [0.2, 0.25) is 5.02 Å². The quantitative estimate of drug-likeness (QED) is 0.621. The van der Waals surface area contributed by atoms with Gasteiger partial charge in [-0.3, -0.25) is 15.1 Å². The molecular formula is C17H14ClN5O2S. The van der Waals surface area contributed by atoms with Crippen LogP contribution in [-0.2, 0) is 6.54 Å². The second-order valence-electron chi connectivity index (χ2n) is 5.13. The zero-order valence-corrected chi connectivity index (χ0v) is 15.0. The van der Waals surface area contributed by atoms with Crippen molar-refractivity contribution >= 4 is 45.7 Å². The first kappa shape index (κ1) is 17.8. The molecule has 0 aliphatic heterocycles. The lowest BCUT2D eigenvalue weighted by atomic mass is 10.3. The van der Waals surface area contributed by atoms with Crippen molar-refractivity contribution in [3.05, 3.63) is 70.5 Å². The average Bonchev–Trinajstić information content (AvgIpc) is 3.11. The molecule has 0 atom stereocenters. The Bertz CT molecular complexity index is 899. The molecule has 1 aromatic carbocycles. The highest BCUT2D eigenvalue weighted by Crippen LogP contribution is 2.17. The SMILES string of the molecule is O=C(Nc1ccc(Cl)cc1)Nc1nc(C(=O)NCc2ccccn2)cs1. The maximum absolute atomic E-state index is 12.1. The first-order valence-corrected chi connectivity index (χ1v) is 8.83. The van der Waals surface area contributed by atoms with Crippen molar-refractivity contribution in [2.24, 2.45) is 0 Å². The highest BCUT2D eigenvalue weighted by molar-refractivity contribution is 7.14. The smallest absolute Gasteiger partial charge is 0.325 e. The maximum atomic E-state index is 12.1. The predicted molar refractivity (Wildman–Crippen MR) is 102 cm³/mol. The Morgan fingerprint density at radius 3 is 2.62 bits per heavy atom. The van der Waals surface area contributed by atoms with Crippen molar-refractivity contribution in [1.82, 2.24) is 15.3 Å². The molecule has 26 heavy (non-hydrogen) atoms. The number of hydrogen-bond acceptors (Lipinski definition) is 5. The summed E-state index contributed by atoms with van der Waals surface area (Å²) in [6.45, 7) is 0.303. The highest BCUT2D eigenvalue weighted by atomic mass is 35.5. The number of nitrogens with one attached hydrogen (secondary N) is 3. The number of hydrogen-bond donors (Lipinski definition) is 3. The second kappa shape index (κ2) is 8.41. The van der Waals surface area contributed by atoms with Gasteiger partial charge < -0.3 is 10.6 Å². The van der Waals surface area contributed by atoms with Gasteiger partial charge in [-0.2, -0.15) is 0 Å². The second-order valence-corrected chi connectivity index (χ2v) is 6.42. The number of pyridine rings is 1. The topological polar surface area (TPSA) is 96.0 Å². The fraction of sp³-hybridized carbons (Fsp3) is 0.0588. The van der Waals surface area contributed by atoms with Crippen molar-refractivity contribution in [2.75, 3.05) is 10.6 Å². The van der Waals surface area contributed by atoms with E-state index in [1.165, 1.54) is 0 Å². The molecular weight excluding hydrogens is 374 g/mol. The molecule has 3 aromatic rings. The summed E-state index contributed by atoms with van der Waals surface area (Å²) >= 11 is 6.96. The van der Waals surface area contributed by atoms with E-state index in [-0.39, 0.29) is 11.6 Å². The van der Waals surface area contributed by atoms with Crippen molar-refractivity contribution in [3.63, 3.8) is 0 Å². The van der Waals surface area contributed by atoms with Gasteiger partial charge in [0.05, 0.1) is 12.2 Å². The number of rotatable bonds is 5. The Kier molecular flexibility index (Phi) is 5.77. The van der Waals surface area contributed by atoms with Gasteiger partial charge in [-0.15, -0.1) is 11.3 Å². The van der Waals surface area contributed by atoms with E-state index in [2.05, 4.69) is 25.9 Å². The molecule has 0 fully saturated rings. The summed E-state index contributed by atoms with van der Waals surface area (Å²) in [5.74, 6) is -0.335. The van der Waals surface area contributed by atoms with Crippen LogP contribution in [0, 0.1) is 0 Å². The van der Waals surface area contributed by atoms with Crippen molar-refractivity contribution in [3.8, 4) is 0 Å². The van der Waals surface area contributed by atoms with Crippen LogP contribution in [0.25, 0.3) is 0 Å². The number of amides is 3. The number of nitrogens with zero attached hydrogens (tertiary/aromatic N) is 2. The zero-order chi connectivity index (χ0) is 18.4. The number of anilines is 2. The lowest BCUT2D eigenvalue weighted by Crippen LogP contribution is -2.24. The Hall–Kier alpha value is -2.97. The molecule has 0 aliphatic carbocycles. The molecule has 0 bridgehead atoms. The van der Waals surface area contributed by atoms with E-state index in [9.17, 15) is 9.59 Å². The van der Waals surface area contributed by atoms with Crippen molar-refractivity contribution in [1.29, 1.82) is 0 Å². The number of aromatic nitrogens is 2. The van der Waals surface area contributed by atoms with Crippen LogP contribution in [0.15, 0.2) is 54.0 Å². The molecule has 7 nitrogen and oxygen atoms in total. The van der Waals surface area contributed by atoms with Gasteiger partial charge in [0.25, 0.3) is 5.91 Å². The molecule has 0 spiro atoms. The Morgan fingerprint density at radius 1 is 1.08 bits per heavy atom. The van der Waals surface area contributed by atoms with Gasteiger partial charge in [0.15, 0.2) is 5.13 Å². The highest BCUT2D eigenvalue weighted by Gasteiger charge is 2.12. The molecule has 0 saturated carbocycles.